The van der Waals surface area contributed by atoms with Gasteiger partial charge in [-0.1, -0.05) is 18.2 Å². The fraction of sp³-hybridized carbons (Fsp3) is 0.400. The van der Waals surface area contributed by atoms with Gasteiger partial charge in [-0.05, 0) is 48.7 Å². The van der Waals surface area contributed by atoms with Gasteiger partial charge in [0.15, 0.2) is 0 Å². The minimum atomic E-state index is 0.908. The molecule has 0 heterocycles. The monoisotopic (exact) mass is 311 g/mol. The Morgan fingerprint density at radius 1 is 0.652 bits per heavy atom. The summed E-state index contributed by atoms with van der Waals surface area (Å²) in [7, 11) is 10.6. The number of hydrogen-bond donors (Lipinski definition) is 0. The maximum Gasteiger partial charge on any atom is 0.0429 e. The van der Waals surface area contributed by atoms with E-state index in [-0.39, 0.29) is 0 Å². The summed E-state index contributed by atoms with van der Waals surface area (Å²) < 4.78 is 0. The third kappa shape index (κ3) is 3.61. The van der Waals surface area contributed by atoms with Gasteiger partial charge in [0.05, 0.1) is 0 Å². The van der Waals surface area contributed by atoms with Gasteiger partial charge in [0.1, 0.15) is 0 Å². The molecule has 0 saturated heterocycles. The number of benzene rings is 2. The molecule has 3 heteroatoms. The predicted octanol–water partition coefficient (Wildman–Crippen LogP) is 4.07. The molecule has 0 amide bonds. The number of hydrogen-bond acceptors (Lipinski definition) is 3. The molecule has 0 atom stereocenters. The molecule has 2 aromatic rings. The smallest absolute Gasteiger partial charge is 0.0429 e. The van der Waals surface area contributed by atoms with Crippen molar-refractivity contribution in [3.05, 3.63) is 53.1 Å². The molecule has 0 aromatic heterocycles. The molecule has 2 rings (SSSR count). The Morgan fingerprint density at radius 3 is 1.70 bits per heavy atom. The van der Waals surface area contributed by atoms with E-state index < -0.39 is 0 Å². The lowest BCUT2D eigenvalue weighted by atomic mass is 10.0. The van der Waals surface area contributed by atoms with Gasteiger partial charge < -0.3 is 14.7 Å². The van der Waals surface area contributed by atoms with Gasteiger partial charge in [0, 0.05) is 58.8 Å². The first-order valence-electron chi connectivity index (χ1n) is 8.06. The summed E-state index contributed by atoms with van der Waals surface area (Å²) in [5.41, 5.74) is 7.88. The molecular weight excluding hydrogens is 282 g/mol. The first-order chi connectivity index (χ1) is 10.8. The van der Waals surface area contributed by atoms with E-state index in [9.17, 15) is 0 Å². The van der Waals surface area contributed by atoms with Crippen molar-refractivity contribution in [3.8, 4) is 0 Å². The maximum absolute atomic E-state index is 2.34. The average Bonchev–Trinajstić information content (AvgIpc) is 2.48. The molecule has 2 aromatic carbocycles. The van der Waals surface area contributed by atoms with Crippen LogP contribution in [-0.2, 0) is 6.54 Å². The first-order valence-corrected chi connectivity index (χ1v) is 8.06. The van der Waals surface area contributed by atoms with Crippen LogP contribution in [0.25, 0.3) is 0 Å². The van der Waals surface area contributed by atoms with E-state index in [4.69, 9.17) is 0 Å². The molecule has 0 fully saturated rings. The Balaban J connectivity index is 2.32. The second-order valence-electron chi connectivity index (χ2n) is 6.63. The highest BCUT2D eigenvalue weighted by molar-refractivity contribution is 5.67. The van der Waals surface area contributed by atoms with Crippen LogP contribution < -0.4 is 14.7 Å². The Bertz CT molecular complexity index is 675. The van der Waals surface area contributed by atoms with Gasteiger partial charge in [-0.15, -0.1) is 0 Å². The van der Waals surface area contributed by atoms with Crippen LogP contribution in [0.15, 0.2) is 36.4 Å². The van der Waals surface area contributed by atoms with E-state index >= 15 is 0 Å². The summed E-state index contributed by atoms with van der Waals surface area (Å²) in [5, 5.41) is 0. The van der Waals surface area contributed by atoms with Crippen LogP contribution in [0.3, 0.4) is 0 Å². The fourth-order valence-electron chi connectivity index (χ4n) is 3.18. The minimum absolute atomic E-state index is 0.908. The number of rotatable bonds is 5. The van der Waals surface area contributed by atoms with Gasteiger partial charge in [-0.2, -0.15) is 0 Å². The van der Waals surface area contributed by atoms with E-state index in [1.54, 1.807) is 0 Å². The van der Waals surface area contributed by atoms with Crippen LogP contribution in [-0.4, -0.2) is 35.2 Å². The fourth-order valence-corrected chi connectivity index (χ4v) is 3.18. The van der Waals surface area contributed by atoms with Gasteiger partial charge in [-0.25, -0.2) is 0 Å². The van der Waals surface area contributed by atoms with Crippen molar-refractivity contribution in [3.63, 3.8) is 0 Å². The second kappa shape index (κ2) is 6.95. The molecule has 0 bridgehead atoms. The summed E-state index contributed by atoms with van der Waals surface area (Å²) in [6.45, 7) is 5.32. The van der Waals surface area contributed by atoms with E-state index in [0.717, 1.165) is 6.54 Å². The lowest BCUT2D eigenvalue weighted by Gasteiger charge is -2.26. The molecule has 0 unspecified atom stereocenters. The number of anilines is 3. The van der Waals surface area contributed by atoms with Crippen molar-refractivity contribution in [1.82, 2.24) is 0 Å². The molecule has 0 radical (unpaired) electrons. The zero-order chi connectivity index (χ0) is 17.1. The summed E-state index contributed by atoms with van der Waals surface area (Å²) in [5.74, 6) is 0. The van der Waals surface area contributed by atoms with Crippen LogP contribution in [0.5, 0.6) is 0 Å². The molecule has 124 valence electrons. The highest BCUT2D eigenvalue weighted by atomic mass is 15.1. The Hall–Kier alpha value is -2.16. The molecule has 3 nitrogen and oxygen atoms in total. The normalized spacial score (nSPS) is 10.6. The van der Waals surface area contributed by atoms with Crippen molar-refractivity contribution >= 4 is 17.1 Å². The molecule has 0 aliphatic heterocycles. The summed E-state index contributed by atoms with van der Waals surface area (Å²) >= 11 is 0. The lowest BCUT2D eigenvalue weighted by Crippen LogP contribution is -2.20. The predicted molar refractivity (Wildman–Crippen MR) is 103 cm³/mol. The molecule has 0 spiro atoms. The highest BCUT2D eigenvalue weighted by Crippen LogP contribution is 2.30. The van der Waals surface area contributed by atoms with Gasteiger partial charge >= 0.3 is 0 Å². The van der Waals surface area contributed by atoms with Gasteiger partial charge in [-0.3, -0.25) is 0 Å². The van der Waals surface area contributed by atoms with Crippen molar-refractivity contribution in [2.45, 2.75) is 20.4 Å². The molecule has 0 saturated carbocycles. The standard InChI is InChI=1S/C20H29N3/c1-15-17(10-8-11-18(15)21(3)4)14-23(7)20-13-9-12-19(16(20)2)22(5)6/h8-13H,14H2,1-7H3. The molecular formula is C20H29N3. The van der Waals surface area contributed by atoms with Crippen LogP contribution in [0, 0.1) is 13.8 Å². The van der Waals surface area contributed by atoms with Crippen molar-refractivity contribution in [2.24, 2.45) is 0 Å². The maximum atomic E-state index is 2.34. The lowest BCUT2D eigenvalue weighted by molar-refractivity contribution is 0.905. The summed E-state index contributed by atoms with van der Waals surface area (Å²) in [6.07, 6.45) is 0. The van der Waals surface area contributed by atoms with Crippen LogP contribution in [0.4, 0.5) is 17.1 Å². The SMILES string of the molecule is Cc1c(CN(C)c2cccc(N(C)C)c2C)cccc1N(C)C. The molecule has 0 aliphatic rings. The molecule has 23 heavy (non-hydrogen) atoms. The van der Waals surface area contributed by atoms with Gasteiger partial charge in [0.2, 0.25) is 0 Å². The van der Waals surface area contributed by atoms with Crippen LogP contribution in [0.2, 0.25) is 0 Å². The number of nitrogens with zero attached hydrogens (tertiary/aromatic N) is 3. The average molecular weight is 311 g/mol. The minimum Gasteiger partial charge on any atom is -0.377 e. The Kier molecular flexibility index (Phi) is 5.19. The van der Waals surface area contributed by atoms with E-state index in [1.165, 1.54) is 33.8 Å². The van der Waals surface area contributed by atoms with Crippen LogP contribution >= 0.6 is 0 Å². The topological polar surface area (TPSA) is 9.72 Å². The van der Waals surface area contributed by atoms with Crippen molar-refractivity contribution < 1.29 is 0 Å². The van der Waals surface area contributed by atoms with Gasteiger partial charge in [0.25, 0.3) is 0 Å². The third-order valence-electron chi connectivity index (χ3n) is 4.48. The quantitative estimate of drug-likeness (QED) is 0.824. The third-order valence-corrected chi connectivity index (χ3v) is 4.48. The van der Waals surface area contributed by atoms with Crippen LogP contribution in [0.1, 0.15) is 16.7 Å². The largest absolute Gasteiger partial charge is 0.377 e. The van der Waals surface area contributed by atoms with E-state index in [2.05, 4.69) is 100 Å². The molecule has 0 aliphatic carbocycles. The Labute approximate surface area is 141 Å². The van der Waals surface area contributed by atoms with E-state index in [1.807, 2.05) is 0 Å². The summed E-state index contributed by atoms with van der Waals surface area (Å²) in [4.78, 5) is 6.69. The van der Waals surface area contributed by atoms with Crippen molar-refractivity contribution in [1.29, 1.82) is 0 Å². The summed E-state index contributed by atoms with van der Waals surface area (Å²) in [6, 6.07) is 13.1. The first kappa shape index (κ1) is 17.2. The second-order valence-corrected chi connectivity index (χ2v) is 6.63. The zero-order valence-corrected chi connectivity index (χ0v) is 15.5. The highest BCUT2D eigenvalue weighted by Gasteiger charge is 2.12. The molecule has 0 N–H and O–H groups in total. The van der Waals surface area contributed by atoms with E-state index in [0.29, 0.717) is 0 Å². The zero-order valence-electron chi connectivity index (χ0n) is 15.5. The Morgan fingerprint density at radius 2 is 1.13 bits per heavy atom. The van der Waals surface area contributed by atoms with Crippen molar-refractivity contribution in [2.75, 3.05) is 49.9 Å².